The molecule has 0 unspecified atom stereocenters. The highest BCUT2D eigenvalue weighted by atomic mass is 16.5. The first-order chi connectivity index (χ1) is 20.7. The zero-order valence-electron chi connectivity index (χ0n) is 22.9. The minimum Gasteiger partial charge on any atom is -0.493 e. The van der Waals surface area contributed by atoms with E-state index in [2.05, 4.69) is 44.7 Å². The van der Waals surface area contributed by atoms with Crippen LogP contribution in [0.3, 0.4) is 0 Å². The zero-order chi connectivity index (χ0) is 28.5. The molecule has 4 heterocycles. The fraction of sp³-hybridized carbons (Fsp3) is 0.0857. The van der Waals surface area contributed by atoms with Crippen molar-refractivity contribution in [2.75, 3.05) is 17.7 Å². The van der Waals surface area contributed by atoms with Gasteiger partial charge >= 0.3 is 0 Å². The molecule has 42 heavy (non-hydrogen) atoms. The lowest BCUT2D eigenvalue weighted by atomic mass is 9.90. The van der Waals surface area contributed by atoms with Gasteiger partial charge in [0.25, 0.3) is 5.91 Å². The number of benzene rings is 3. The molecule has 0 bridgehead atoms. The Morgan fingerprint density at radius 3 is 2.62 bits per heavy atom. The number of amides is 1. The zero-order valence-corrected chi connectivity index (χ0v) is 22.9. The van der Waals surface area contributed by atoms with Gasteiger partial charge in [-0.1, -0.05) is 54.6 Å². The number of nitrogen functional groups attached to an aromatic ring is 1. The number of aryl methyl sites for hydroxylation is 1. The topological polar surface area (TPSA) is 109 Å². The molecule has 6 aromatic rings. The SMILES string of the molecule is Nc1nccc(OCCCc2c[nH]c3ccccc23)c1-c1ccc2c(c1)C(=C(c1ccccc1)c1cc[nH]c1)C(=O)N2. The van der Waals surface area contributed by atoms with Crippen LogP contribution in [-0.2, 0) is 11.2 Å². The molecule has 0 fully saturated rings. The second-order valence-electron chi connectivity index (χ2n) is 10.3. The number of nitrogens with two attached hydrogens (primary N) is 1. The number of para-hydroxylation sites is 1. The highest BCUT2D eigenvalue weighted by Crippen LogP contribution is 2.43. The number of rotatable bonds is 8. The molecular weight excluding hydrogens is 522 g/mol. The monoisotopic (exact) mass is 551 g/mol. The predicted molar refractivity (Wildman–Crippen MR) is 168 cm³/mol. The Hall–Kier alpha value is -5.56. The summed E-state index contributed by atoms with van der Waals surface area (Å²) in [5.74, 6) is 0.897. The van der Waals surface area contributed by atoms with Crippen molar-refractivity contribution in [3.63, 3.8) is 0 Å². The molecule has 5 N–H and O–H groups in total. The van der Waals surface area contributed by atoms with Crippen LogP contribution in [-0.4, -0.2) is 27.5 Å². The summed E-state index contributed by atoms with van der Waals surface area (Å²) in [5.41, 5.74) is 15.3. The van der Waals surface area contributed by atoms with Gasteiger partial charge in [-0.2, -0.15) is 0 Å². The van der Waals surface area contributed by atoms with Crippen molar-refractivity contribution in [1.82, 2.24) is 15.0 Å². The Labute approximate surface area is 243 Å². The number of aromatic nitrogens is 3. The summed E-state index contributed by atoms with van der Waals surface area (Å²) in [7, 11) is 0. The molecule has 1 amide bonds. The van der Waals surface area contributed by atoms with E-state index in [0.717, 1.165) is 51.9 Å². The molecule has 0 atom stereocenters. The maximum atomic E-state index is 13.4. The number of nitrogens with zero attached hydrogens (tertiary/aromatic N) is 1. The van der Waals surface area contributed by atoms with Crippen LogP contribution in [0.4, 0.5) is 11.5 Å². The largest absolute Gasteiger partial charge is 0.493 e. The number of carbonyl (C=O) groups is 1. The number of fused-ring (bicyclic) bond motifs is 2. The normalized spacial score (nSPS) is 13.7. The molecule has 0 spiro atoms. The second kappa shape index (κ2) is 10.8. The lowest BCUT2D eigenvalue weighted by molar-refractivity contribution is -0.110. The first kappa shape index (κ1) is 25.4. The third-order valence-electron chi connectivity index (χ3n) is 7.72. The summed E-state index contributed by atoms with van der Waals surface area (Å²) in [6.07, 6.45) is 9.24. The average Bonchev–Trinajstić information content (AvgIpc) is 3.76. The van der Waals surface area contributed by atoms with Crippen molar-refractivity contribution in [3.05, 3.63) is 132 Å². The molecule has 3 aromatic carbocycles. The smallest absolute Gasteiger partial charge is 0.257 e. The van der Waals surface area contributed by atoms with Gasteiger partial charge in [0.15, 0.2) is 0 Å². The van der Waals surface area contributed by atoms with Gasteiger partial charge in [-0.25, -0.2) is 4.98 Å². The van der Waals surface area contributed by atoms with Gasteiger partial charge in [-0.05, 0) is 59.9 Å². The highest BCUT2D eigenvalue weighted by molar-refractivity contribution is 6.38. The quantitative estimate of drug-likeness (QED) is 0.120. The summed E-state index contributed by atoms with van der Waals surface area (Å²) >= 11 is 0. The van der Waals surface area contributed by atoms with Gasteiger partial charge in [0, 0.05) is 58.1 Å². The predicted octanol–water partition coefficient (Wildman–Crippen LogP) is 7.06. The minimum absolute atomic E-state index is 0.143. The van der Waals surface area contributed by atoms with Crippen molar-refractivity contribution in [1.29, 1.82) is 0 Å². The standard InChI is InChI=1S/C35H29N5O2/c36-34-32(30(15-17-38-34)42-18-6-9-24-21-39-28-11-5-4-10-26(24)28)23-12-13-29-27(19-23)33(35(41)40-29)31(25-14-16-37-20-25)22-7-2-1-3-8-22/h1-5,7-8,10-17,19-21,37,39H,6,9,18H2,(H2,36,38)(H,40,41). The molecule has 3 aromatic heterocycles. The molecule has 206 valence electrons. The van der Waals surface area contributed by atoms with Gasteiger partial charge in [-0.15, -0.1) is 0 Å². The van der Waals surface area contributed by atoms with E-state index < -0.39 is 0 Å². The van der Waals surface area contributed by atoms with Gasteiger partial charge in [0.1, 0.15) is 11.6 Å². The lowest BCUT2D eigenvalue weighted by Gasteiger charge is -2.15. The van der Waals surface area contributed by atoms with Crippen LogP contribution in [0.5, 0.6) is 5.75 Å². The highest BCUT2D eigenvalue weighted by Gasteiger charge is 2.30. The Morgan fingerprint density at radius 2 is 1.76 bits per heavy atom. The Morgan fingerprint density at radius 1 is 0.905 bits per heavy atom. The van der Waals surface area contributed by atoms with Crippen molar-refractivity contribution < 1.29 is 9.53 Å². The van der Waals surface area contributed by atoms with Crippen LogP contribution < -0.4 is 15.8 Å². The maximum absolute atomic E-state index is 13.4. The fourth-order valence-electron chi connectivity index (χ4n) is 5.76. The summed E-state index contributed by atoms with van der Waals surface area (Å²) in [5, 5.41) is 4.29. The number of anilines is 2. The third-order valence-corrected chi connectivity index (χ3v) is 7.72. The van der Waals surface area contributed by atoms with E-state index in [1.54, 1.807) is 6.20 Å². The van der Waals surface area contributed by atoms with E-state index in [4.69, 9.17) is 10.5 Å². The van der Waals surface area contributed by atoms with Crippen molar-refractivity contribution in [3.8, 4) is 16.9 Å². The second-order valence-corrected chi connectivity index (χ2v) is 10.3. The molecule has 7 rings (SSSR count). The molecule has 1 aliphatic heterocycles. The van der Waals surface area contributed by atoms with E-state index in [-0.39, 0.29) is 5.91 Å². The average molecular weight is 552 g/mol. The molecular formula is C35H29N5O2. The fourth-order valence-corrected chi connectivity index (χ4v) is 5.76. The molecule has 0 aliphatic carbocycles. The van der Waals surface area contributed by atoms with E-state index in [9.17, 15) is 4.79 Å². The van der Waals surface area contributed by atoms with Gasteiger partial charge in [0.2, 0.25) is 0 Å². The molecule has 7 heteroatoms. The number of carbonyl (C=O) groups excluding carboxylic acids is 1. The number of pyridine rings is 1. The number of nitrogens with one attached hydrogen (secondary N) is 3. The summed E-state index contributed by atoms with van der Waals surface area (Å²) in [6, 6.07) is 28.0. The van der Waals surface area contributed by atoms with E-state index in [1.807, 2.05) is 79.1 Å². The summed E-state index contributed by atoms with van der Waals surface area (Å²) < 4.78 is 6.30. The number of hydrogen-bond donors (Lipinski definition) is 4. The van der Waals surface area contributed by atoms with E-state index in [0.29, 0.717) is 29.3 Å². The molecule has 0 radical (unpaired) electrons. The maximum Gasteiger partial charge on any atom is 0.257 e. The Bertz CT molecular complexity index is 1940. The number of ether oxygens (including phenoxy) is 1. The van der Waals surface area contributed by atoms with Crippen LogP contribution in [0.2, 0.25) is 0 Å². The number of aromatic amines is 2. The molecule has 1 aliphatic rings. The van der Waals surface area contributed by atoms with E-state index >= 15 is 0 Å². The summed E-state index contributed by atoms with van der Waals surface area (Å²) in [4.78, 5) is 24.3. The first-order valence-corrected chi connectivity index (χ1v) is 14.0. The first-order valence-electron chi connectivity index (χ1n) is 14.0. The Kier molecular flexibility index (Phi) is 6.52. The van der Waals surface area contributed by atoms with Crippen molar-refractivity contribution in [2.45, 2.75) is 12.8 Å². The Balaban J connectivity index is 1.22. The van der Waals surface area contributed by atoms with Crippen LogP contribution in [0, 0.1) is 0 Å². The number of hydrogen-bond acceptors (Lipinski definition) is 4. The van der Waals surface area contributed by atoms with Crippen molar-refractivity contribution in [2.24, 2.45) is 0 Å². The van der Waals surface area contributed by atoms with Crippen LogP contribution in [0.1, 0.15) is 28.7 Å². The van der Waals surface area contributed by atoms with Gasteiger partial charge in [-0.3, -0.25) is 4.79 Å². The molecule has 0 saturated carbocycles. The minimum atomic E-state index is -0.143. The lowest BCUT2D eigenvalue weighted by Crippen LogP contribution is -2.06. The molecule has 7 nitrogen and oxygen atoms in total. The molecule has 0 saturated heterocycles. The van der Waals surface area contributed by atoms with Crippen LogP contribution in [0.25, 0.3) is 33.2 Å². The van der Waals surface area contributed by atoms with Crippen molar-refractivity contribution >= 4 is 39.5 Å². The summed E-state index contributed by atoms with van der Waals surface area (Å²) in [6.45, 7) is 0.526. The van der Waals surface area contributed by atoms with Crippen LogP contribution in [0.15, 0.2) is 110 Å². The van der Waals surface area contributed by atoms with Crippen LogP contribution >= 0.6 is 0 Å². The third kappa shape index (κ3) is 4.61. The van der Waals surface area contributed by atoms with Gasteiger partial charge < -0.3 is 25.8 Å². The van der Waals surface area contributed by atoms with E-state index in [1.165, 1.54) is 10.9 Å². The van der Waals surface area contributed by atoms with Gasteiger partial charge in [0.05, 0.1) is 17.7 Å². The number of H-pyrrole nitrogens is 2.